The number of carbonyl (C=O) groups excluding carboxylic acids is 2. The number of hydrogen-bond acceptors (Lipinski definition) is 5. The molecule has 9 heteroatoms. The van der Waals surface area contributed by atoms with Gasteiger partial charge in [0.2, 0.25) is 0 Å². The van der Waals surface area contributed by atoms with E-state index in [2.05, 4.69) is 10.1 Å². The minimum atomic E-state index is -4.46. The second kappa shape index (κ2) is 6.82. The molecule has 3 aromatic rings. The molecule has 0 amide bonds. The van der Waals surface area contributed by atoms with E-state index in [-0.39, 0.29) is 16.9 Å². The zero-order valence-corrected chi connectivity index (χ0v) is 14.3. The highest BCUT2D eigenvalue weighted by Crippen LogP contribution is 2.33. The first kappa shape index (κ1) is 18.6. The highest BCUT2D eigenvalue weighted by atomic mass is 19.4. The number of aromatic nitrogens is 3. The topological polar surface area (TPSA) is 73.6 Å². The molecule has 3 rings (SSSR count). The van der Waals surface area contributed by atoms with Gasteiger partial charge in [-0.3, -0.25) is 9.59 Å². The molecule has 1 unspecified atom stereocenters. The van der Waals surface area contributed by atoms with Crippen LogP contribution in [0.5, 0.6) is 0 Å². The van der Waals surface area contributed by atoms with E-state index in [0.29, 0.717) is 17.5 Å². The van der Waals surface area contributed by atoms with E-state index in [4.69, 9.17) is 4.74 Å². The summed E-state index contributed by atoms with van der Waals surface area (Å²) in [4.78, 5) is 27.5. The van der Waals surface area contributed by atoms with Crippen molar-refractivity contribution in [2.24, 2.45) is 0 Å². The smallest absolute Gasteiger partial charge is 0.416 e. The Kier molecular flexibility index (Phi) is 4.69. The molecule has 0 saturated heterocycles. The summed E-state index contributed by atoms with van der Waals surface area (Å²) in [6.07, 6.45) is -2.53. The van der Waals surface area contributed by atoms with E-state index in [1.165, 1.54) is 30.0 Å². The van der Waals surface area contributed by atoms with Crippen molar-refractivity contribution in [3.8, 4) is 11.1 Å². The maximum absolute atomic E-state index is 12.8. The van der Waals surface area contributed by atoms with E-state index in [1.54, 1.807) is 13.0 Å². The van der Waals surface area contributed by atoms with Crippen LogP contribution in [0.25, 0.3) is 16.8 Å². The predicted octanol–water partition coefficient (Wildman–Crippen LogP) is 3.50. The third kappa shape index (κ3) is 3.27. The fourth-order valence-corrected chi connectivity index (χ4v) is 2.79. The molecule has 2 heterocycles. The number of carbonyl (C=O) groups is 2. The fraction of sp³-hybridized carbons (Fsp3) is 0.222. The van der Waals surface area contributed by atoms with Crippen LogP contribution in [0.3, 0.4) is 0 Å². The maximum Gasteiger partial charge on any atom is 0.416 e. The Labute approximate surface area is 151 Å². The van der Waals surface area contributed by atoms with Crippen LogP contribution in [-0.4, -0.2) is 34.0 Å². The normalized spacial score (nSPS) is 12.8. The maximum atomic E-state index is 12.8. The zero-order chi connectivity index (χ0) is 19.8. The van der Waals surface area contributed by atoms with Crippen molar-refractivity contribution in [2.45, 2.75) is 19.0 Å². The summed E-state index contributed by atoms with van der Waals surface area (Å²) in [7, 11) is 1.25. The third-order valence-electron chi connectivity index (χ3n) is 4.19. The van der Waals surface area contributed by atoms with Crippen molar-refractivity contribution < 1.29 is 27.5 Å². The van der Waals surface area contributed by atoms with Gasteiger partial charge in [-0.25, -0.2) is 9.50 Å². The number of methoxy groups -OCH3 is 1. The van der Waals surface area contributed by atoms with E-state index >= 15 is 0 Å². The molecule has 27 heavy (non-hydrogen) atoms. The Hall–Kier alpha value is -3.23. The number of ether oxygens (including phenoxy) is 1. The van der Waals surface area contributed by atoms with Crippen molar-refractivity contribution in [1.82, 2.24) is 14.6 Å². The fourth-order valence-electron chi connectivity index (χ4n) is 2.79. The lowest BCUT2D eigenvalue weighted by Crippen LogP contribution is -2.15. The summed E-state index contributed by atoms with van der Waals surface area (Å²) in [5, 5.41) is 4.17. The van der Waals surface area contributed by atoms with Gasteiger partial charge in [-0.05, 0) is 30.7 Å². The largest absolute Gasteiger partial charge is 0.469 e. The molecule has 1 atom stereocenters. The van der Waals surface area contributed by atoms with Gasteiger partial charge in [-0.2, -0.15) is 18.3 Å². The summed E-state index contributed by atoms with van der Waals surface area (Å²) in [5.74, 6) is -1.18. The van der Waals surface area contributed by atoms with Crippen molar-refractivity contribution in [2.75, 3.05) is 7.11 Å². The molecule has 0 N–H and O–H groups in total. The van der Waals surface area contributed by atoms with Crippen LogP contribution in [0.1, 0.15) is 34.6 Å². The standard InChI is InChI=1S/C18H14F3N3O3/c1-10(17(26)27-2)14-7-8-22-16-15(13(9-25)23-24(14)16)11-3-5-12(6-4-11)18(19,20)21/h3-10H,1-2H3. The quantitative estimate of drug-likeness (QED) is 0.514. The Morgan fingerprint density at radius 2 is 1.89 bits per heavy atom. The molecule has 0 saturated carbocycles. The third-order valence-corrected chi connectivity index (χ3v) is 4.19. The second-order valence-electron chi connectivity index (χ2n) is 5.80. The second-order valence-corrected chi connectivity index (χ2v) is 5.80. The number of fused-ring (bicyclic) bond motifs is 1. The van der Waals surface area contributed by atoms with Gasteiger partial charge in [0.05, 0.1) is 29.8 Å². The Morgan fingerprint density at radius 3 is 2.44 bits per heavy atom. The van der Waals surface area contributed by atoms with Crippen LogP contribution in [0.15, 0.2) is 36.5 Å². The van der Waals surface area contributed by atoms with Crippen molar-refractivity contribution in [3.63, 3.8) is 0 Å². The molecule has 2 aromatic heterocycles. The van der Waals surface area contributed by atoms with Gasteiger partial charge in [0, 0.05) is 6.20 Å². The number of nitrogens with zero attached hydrogens (tertiary/aromatic N) is 3. The van der Waals surface area contributed by atoms with Crippen LogP contribution >= 0.6 is 0 Å². The van der Waals surface area contributed by atoms with Crippen LogP contribution in [0.4, 0.5) is 13.2 Å². The van der Waals surface area contributed by atoms with Gasteiger partial charge in [0.15, 0.2) is 11.9 Å². The SMILES string of the molecule is COC(=O)C(C)c1ccnc2c(-c3ccc(C(F)(F)F)cc3)c(C=O)nn12. The number of halogens is 3. The number of benzene rings is 1. The molecule has 0 aliphatic heterocycles. The Balaban J connectivity index is 2.19. The molecular formula is C18H14F3N3O3. The average Bonchev–Trinajstić information content (AvgIpc) is 3.04. The van der Waals surface area contributed by atoms with E-state index in [9.17, 15) is 22.8 Å². The van der Waals surface area contributed by atoms with Gasteiger partial charge in [-0.1, -0.05) is 12.1 Å². The molecule has 0 aliphatic rings. The molecule has 0 aliphatic carbocycles. The molecule has 1 aromatic carbocycles. The highest BCUT2D eigenvalue weighted by Gasteiger charge is 2.30. The van der Waals surface area contributed by atoms with Crippen LogP contribution in [0, 0.1) is 0 Å². The van der Waals surface area contributed by atoms with Crippen LogP contribution < -0.4 is 0 Å². The number of rotatable bonds is 4. The molecule has 6 nitrogen and oxygen atoms in total. The monoisotopic (exact) mass is 377 g/mol. The van der Waals surface area contributed by atoms with E-state index in [1.807, 2.05) is 0 Å². The molecular weight excluding hydrogens is 363 g/mol. The lowest BCUT2D eigenvalue weighted by atomic mass is 10.0. The number of alkyl halides is 3. The first-order valence-corrected chi connectivity index (χ1v) is 7.86. The molecule has 0 radical (unpaired) electrons. The predicted molar refractivity (Wildman–Crippen MR) is 89.2 cm³/mol. The number of hydrogen-bond donors (Lipinski definition) is 0. The van der Waals surface area contributed by atoms with Gasteiger partial charge in [0.1, 0.15) is 5.69 Å². The molecule has 140 valence electrons. The first-order chi connectivity index (χ1) is 12.8. The van der Waals surface area contributed by atoms with E-state index < -0.39 is 23.6 Å². The number of aldehydes is 1. The summed E-state index contributed by atoms with van der Waals surface area (Å²) in [6.45, 7) is 1.61. The lowest BCUT2D eigenvalue weighted by Gasteiger charge is -2.11. The molecule has 0 fully saturated rings. The Morgan fingerprint density at radius 1 is 1.22 bits per heavy atom. The Bertz CT molecular complexity index is 1010. The van der Waals surface area contributed by atoms with Gasteiger partial charge < -0.3 is 4.74 Å². The van der Waals surface area contributed by atoms with Crippen molar-refractivity contribution >= 4 is 17.9 Å². The van der Waals surface area contributed by atoms with Crippen molar-refractivity contribution in [3.05, 3.63) is 53.5 Å². The summed E-state index contributed by atoms with van der Waals surface area (Å²) in [5.41, 5.74) is 0.543. The van der Waals surface area contributed by atoms with Crippen LogP contribution in [0.2, 0.25) is 0 Å². The minimum absolute atomic E-state index is 0.00627. The van der Waals surface area contributed by atoms with Gasteiger partial charge in [-0.15, -0.1) is 0 Å². The minimum Gasteiger partial charge on any atom is -0.469 e. The van der Waals surface area contributed by atoms with E-state index in [0.717, 1.165) is 12.1 Å². The summed E-state index contributed by atoms with van der Waals surface area (Å²) in [6, 6.07) is 5.92. The zero-order valence-electron chi connectivity index (χ0n) is 14.3. The molecule has 0 bridgehead atoms. The average molecular weight is 377 g/mol. The lowest BCUT2D eigenvalue weighted by molar-refractivity contribution is -0.142. The highest BCUT2D eigenvalue weighted by molar-refractivity contribution is 5.92. The number of esters is 1. The summed E-state index contributed by atoms with van der Waals surface area (Å²) >= 11 is 0. The molecule has 0 spiro atoms. The first-order valence-electron chi connectivity index (χ1n) is 7.86. The van der Waals surface area contributed by atoms with Crippen LogP contribution in [-0.2, 0) is 15.7 Å². The van der Waals surface area contributed by atoms with Gasteiger partial charge >= 0.3 is 12.1 Å². The van der Waals surface area contributed by atoms with Crippen molar-refractivity contribution in [1.29, 1.82) is 0 Å². The summed E-state index contributed by atoms with van der Waals surface area (Å²) < 4.78 is 44.4. The van der Waals surface area contributed by atoms with Gasteiger partial charge in [0.25, 0.3) is 0 Å².